The molecule has 2 aromatic rings. The maximum Gasteiger partial charge on any atom is 0.407 e. The van der Waals surface area contributed by atoms with Crippen LogP contribution in [0.4, 0.5) is 18.0 Å². The smallest absolute Gasteiger partial charge is 0.407 e. The summed E-state index contributed by atoms with van der Waals surface area (Å²) in [7, 11) is 0. The van der Waals surface area contributed by atoms with E-state index < -0.39 is 17.4 Å². The van der Waals surface area contributed by atoms with Gasteiger partial charge >= 0.3 is 6.09 Å². The first kappa shape index (κ1) is 27.2. The van der Waals surface area contributed by atoms with Gasteiger partial charge in [-0.25, -0.2) is 18.0 Å². The summed E-state index contributed by atoms with van der Waals surface area (Å²) in [4.78, 5) is 16.7. The van der Waals surface area contributed by atoms with Gasteiger partial charge in [-0.2, -0.15) is 0 Å². The highest BCUT2D eigenvalue weighted by atomic mass is 19.3. The molecule has 0 spiro atoms. The third-order valence-electron chi connectivity index (χ3n) is 7.96. The van der Waals surface area contributed by atoms with E-state index in [9.17, 15) is 23.1 Å². The summed E-state index contributed by atoms with van der Waals surface area (Å²) in [6.45, 7) is 2.26. The highest BCUT2D eigenvalue weighted by Crippen LogP contribution is 2.60. The van der Waals surface area contributed by atoms with E-state index in [2.05, 4.69) is 16.4 Å². The highest BCUT2D eigenvalue weighted by molar-refractivity contribution is 5.67. The van der Waals surface area contributed by atoms with E-state index in [0.29, 0.717) is 37.9 Å². The van der Waals surface area contributed by atoms with Crippen LogP contribution in [0.3, 0.4) is 0 Å². The first-order valence-electron chi connectivity index (χ1n) is 13.0. The summed E-state index contributed by atoms with van der Waals surface area (Å²) >= 11 is 0. The van der Waals surface area contributed by atoms with Crippen molar-refractivity contribution in [3.63, 3.8) is 0 Å². The molecule has 0 radical (unpaired) electrons. The van der Waals surface area contributed by atoms with E-state index in [0.717, 1.165) is 11.1 Å². The molecule has 2 fully saturated rings. The Hall–Kier alpha value is -2.87. The normalized spacial score (nSPS) is 26.7. The quantitative estimate of drug-likeness (QED) is 0.400. The number of rotatable bonds is 9. The number of carbonyl (C=O) groups excluding carboxylic acids is 1. The van der Waals surface area contributed by atoms with Gasteiger partial charge in [-0.3, -0.25) is 4.98 Å². The zero-order valence-electron chi connectivity index (χ0n) is 21.1. The van der Waals surface area contributed by atoms with Crippen molar-refractivity contribution in [2.45, 2.75) is 51.4 Å². The Morgan fingerprint density at radius 1 is 1.24 bits per heavy atom. The maximum absolute atomic E-state index is 14.4. The van der Waals surface area contributed by atoms with Crippen LogP contribution < -0.4 is 5.32 Å². The molecular formula is C29H35F3N2O3. The molecule has 4 rings (SSSR count). The number of pyridine rings is 1. The molecule has 5 nitrogen and oxygen atoms in total. The summed E-state index contributed by atoms with van der Waals surface area (Å²) in [5.74, 6) is -3.15. The number of aliphatic hydroxyl groups excluding tert-OH is 1. The molecule has 200 valence electrons. The van der Waals surface area contributed by atoms with Crippen molar-refractivity contribution in [2.75, 3.05) is 19.8 Å². The summed E-state index contributed by atoms with van der Waals surface area (Å²) < 4.78 is 47.4. The fourth-order valence-corrected chi connectivity index (χ4v) is 6.36. The van der Waals surface area contributed by atoms with Gasteiger partial charge in [-0.05, 0) is 85.6 Å². The topological polar surface area (TPSA) is 71.5 Å². The van der Waals surface area contributed by atoms with Gasteiger partial charge in [0, 0.05) is 37.8 Å². The number of hydrogen-bond acceptors (Lipinski definition) is 4. The van der Waals surface area contributed by atoms with Gasteiger partial charge in [-0.15, -0.1) is 0 Å². The van der Waals surface area contributed by atoms with Gasteiger partial charge in [0.25, 0.3) is 0 Å². The third kappa shape index (κ3) is 6.53. The van der Waals surface area contributed by atoms with E-state index in [1.807, 2.05) is 24.3 Å². The molecule has 37 heavy (non-hydrogen) atoms. The third-order valence-corrected chi connectivity index (χ3v) is 7.96. The van der Waals surface area contributed by atoms with Crippen molar-refractivity contribution in [2.24, 2.45) is 23.2 Å². The number of halogens is 3. The Balaban J connectivity index is 1.60. The van der Waals surface area contributed by atoms with E-state index in [1.165, 1.54) is 12.1 Å². The number of alkyl halides is 2. The van der Waals surface area contributed by atoms with Gasteiger partial charge in [-0.1, -0.05) is 24.3 Å². The number of benzene rings is 1. The van der Waals surface area contributed by atoms with Gasteiger partial charge < -0.3 is 15.2 Å². The number of hydrogen-bond donors (Lipinski definition) is 2. The van der Waals surface area contributed by atoms with Crippen molar-refractivity contribution in [3.8, 4) is 11.1 Å². The summed E-state index contributed by atoms with van der Waals surface area (Å²) in [5, 5.41) is 12.4. The van der Waals surface area contributed by atoms with Crippen LogP contribution in [0.5, 0.6) is 0 Å². The molecule has 1 aromatic heterocycles. The van der Waals surface area contributed by atoms with Crippen molar-refractivity contribution in [1.82, 2.24) is 10.3 Å². The standard InChI is InChI=1S/C29H35F3N2O3/c1-2-37-27(36)34-19-28(12-4-14-35)16-22-17-29(31,32)13-11-25(22)26(28)10-9-24-8-7-21(18-33-24)20-5-3-6-23(30)15-20/h3,5-10,15,18,22,25-26,35H,2,4,11-14,16-17,19H2,1H3,(H,34,36)/b10-9+/t22-,25-,26+,28?/m1/s1. The molecule has 1 unspecified atom stereocenters. The molecule has 2 aliphatic rings. The Morgan fingerprint density at radius 2 is 2.08 bits per heavy atom. The number of amides is 1. The molecule has 1 aromatic carbocycles. The fraction of sp³-hybridized carbons (Fsp3) is 0.517. The van der Waals surface area contributed by atoms with Gasteiger partial charge in [0.05, 0.1) is 12.3 Å². The molecule has 0 saturated heterocycles. The van der Waals surface area contributed by atoms with Crippen LogP contribution >= 0.6 is 0 Å². The van der Waals surface area contributed by atoms with Gasteiger partial charge in [0.15, 0.2) is 0 Å². The van der Waals surface area contributed by atoms with Crippen LogP contribution in [0, 0.1) is 29.0 Å². The number of allylic oxidation sites excluding steroid dienone is 1. The van der Waals surface area contributed by atoms with Crippen LogP contribution in [-0.2, 0) is 4.74 Å². The minimum absolute atomic E-state index is 0.00776. The molecule has 1 amide bonds. The number of aliphatic hydroxyl groups is 1. The van der Waals surface area contributed by atoms with Crippen molar-refractivity contribution in [1.29, 1.82) is 0 Å². The largest absolute Gasteiger partial charge is 0.450 e. The molecule has 2 aliphatic carbocycles. The average Bonchev–Trinajstić information content (AvgIpc) is 3.17. The molecule has 0 bridgehead atoms. The van der Waals surface area contributed by atoms with Crippen LogP contribution in [0.15, 0.2) is 48.7 Å². The Labute approximate surface area is 216 Å². The fourth-order valence-electron chi connectivity index (χ4n) is 6.36. The van der Waals surface area contributed by atoms with Gasteiger partial charge in [0.1, 0.15) is 5.82 Å². The summed E-state index contributed by atoms with van der Waals surface area (Å²) in [5.41, 5.74) is 1.77. The highest BCUT2D eigenvalue weighted by Gasteiger charge is 2.56. The van der Waals surface area contributed by atoms with E-state index in [-0.39, 0.29) is 49.6 Å². The second-order valence-corrected chi connectivity index (χ2v) is 10.4. The summed E-state index contributed by atoms with van der Waals surface area (Å²) in [6, 6.07) is 10.0. The summed E-state index contributed by atoms with van der Waals surface area (Å²) in [6.07, 6.45) is 6.94. The number of nitrogens with zero attached hydrogens (tertiary/aromatic N) is 1. The molecule has 0 aliphatic heterocycles. The average molecular weight is 517 g/mol. The van der Waals surface area contributed by atoms with Crippen LogP contribution in [0.2, 0.25) is 0 Å². The predicted molar refractivity (Wildman–Crippen MR) is 136 cm³/mol. The molecule has 8 heteroatoms. The van der Waals surface area contributed by atoms with Crippen molar-refractivity contribution >= 4 is 12.2 Å². The van der Waals surface area contributed by atoms with Gasteiger partial charge in [0.2, 0.25) is 5.92 Å². The second-order valence-electron chi connectivity index (χ2n) is 10.4. The minimum atomic E-state index is -2.68. The Kier molecular flexibility index (Phi) is 8.57. The number of ether oxygens (including phenoxy) is 1. The lowest BCUT2D eigenvalue weighted by Gasteiger charge is -2.37. The molecule has 2 saturated carbocycles. The molecule has 4 atom stereocenters. The lowest BCUT2D eigenvalue weighted by atomic mass is 9.70. The number of alkyl carbamates (subject to hydrolysis) is 1. The molecule has 1 heterocycles. The number of carbonyl (C=O) groups is 1. The maximum atomic E-state index is 14.4. The zero-order chi connectivity index (χ0) is 26.5. The van der Waals surface area contributed by atoms with E-state index in [4.69, 9.17) is 4.74 Å². The van der Waals surface area contributed by atoms with E-state index in [1.54, 1.807) is 19.2 Å². The monoisotopic (exact) mass is 516 g/mol. The lowest BCUT2D eigenvalue weighted by molar-refractivity contribution is -0.0659. The molecular weight excluding hydrogens is 481 g/mol. The Morgan fingerprint density at radius 3 is 2.78 bits per heavy atom. The van der Waals surface area contributed by atoms with Crippen LogP contribution in [-0.4, -0.2) is 41.9 Å². The zero-order valence-corrected chi connectivity index (χ0v) is 21.1. The second kappa shape index (κ2) is 11.7. The molecule has 2 N–H and O–H groups in total. The van der Waals surface area contributed by atoms with Crippen LogP contribution in [0.1, 0.15) is 51.1 Å². The first-order valence-corrected chi connectivity index (χ1v) is 13.0. The number of fused-ring (bicyclic) bond motifs is 1. The minimum Gasteiger partial charge on any atom is -0.450 e. The Bertz CT molecular complexity index is 1090. The lowest BCUT2D eigenvalue weighted by Crippen LogP contribution is -2.41. The van der Waals surface area contributed by atoms with Crippen molar-refractivity contribution in [3.05, 3.63) is 60.2 Å². The number of aromatic nitrogens is 1. The SMILES string of the molecule is CCOC(=O)NCC1(CCCO)C[C@@H]2CC(F)(F)CC[C@H]2[C@@H]1/C=C/c1ccc(-c2cccc(F)c2)cn1. The van der Waals surface area contributed by atoms with Crippen LogP contribution in [0.25, 0.3) is 17.2 Å². The predicted octanol–water partition coefficient (Wildman–Crippen LogP) is 6.48. The number of nitrogens with one attached hydrogen (secondary N) is 1. The van der Waals surface area contributed by atoms with Crippen molar-refractivity contribution < 1.29 is 27.8 Å². The first-order chi connectivity index (χ1) is 17.7. The van der Waals surface area contributed by atoms with E-state index >= 15 is 0 Å².